The van der Waals surface area contributed by atoms with Gasteiger partial charge in [0.15, 0.2) is 11.6 Å². The van der Waals surface area contributed by atoms with Gasteiger partial charge in [0.1, 0.15) is 16.0 Å². The molecule has 0 spiro atoms. The molecule has 0 unspecified atom stereocenters. The molecule has 0 radical (unpaired) electrons. The highest BCUT2D eigenvalue weighted by molar-refractivity contribution is 7.71. The summed E-state index contributed by atoms with van der Waals surface area (Å²) >= 11 is 5.01. The molecule has 0 fully saturated rings. The van der Waals surface area contributed by atoms with E-state index in [9.17, 15) is 8.78 Å². The highest BCUT2D eigenvalue weighted by Gasteiger charge is 2.15. The van der Waals surface area contributed by atoms with Gasteiger partial charge < -0.3 is 4.98 Å². The van der Waals surface area contributed by atoms with Crippen LogP contribution in [-0.2, 0) is 0 Å². The second kappa shape index (κ2) is 3.95. The predicted molar refractivity (Wildman–Crippen MR) is 64.0 cm³/mol. The lowest BCUT2D eigenvalue weighted by atomic mass is 10.3. The van der Waals surface area contributed by atoms with Crippen LogP contribution < -0.4 is 0 Å². The van der Waals surface area contributed by atoms with Gasteiger partial charge in [-0.3, -0.25) is 0 Å². The molecule has 3 rings (SSSR count). The average molecular weight is 264 g/mol. The molecule has 0 bridgehead atoms. The summed E-state index contributed by atoms with van der Waals surface area (Å²) in [6.07, 6.45) is 2.79. The lowest BCUT2D eigenvalue weighted by Gasteiger charge is -2.05. The first-order valence-electron chi connectivity index (χ1n) is 5.04. The molecule has 1 N–H and O–H groups in total. The monoisotopic (exact) mass is 264 g/mol. The molecule has 90 valence electrons. The van der Waals surface area contributed by atoms with Crippen LogP contribution in [0.4, 0.5) is 8.78 Å². The molecule has 0 aliphatic carbocycles. The minimum atomic E-state index is -0.698. The molecule has 18 heavy (non-hydrogen) atoms. The number of hydrogen-bond acceptors (Lipinski definition) is 3. The Hall–Kier alpha value is -2.15. The van der Waals surface area contributed by atoms with Crippen LogP contribution in [0.15, 0.2) is 30.7 Å². The Morgan fingerprint density at radius 2 is 1.94 bits per heavy atom. The summed E-state index contributed by atoms with van der Waals surface area (Å²) in [5, 5.41) is 4.48. The molecule has 0 amide bonds. The number of benzene rings is 1. The van der Waals surface area contributed by atoms with Gasteiger partial charge in [-0.25, -0.2) is 18.4 Å². The van der Waals surface area contributed by atoms with Crippen molar-refractivity contribution < 1.29 is 8.78 Å². The van der Waals surface area contributed by atoms with Crippen molar-refractivity contribution in [1.29, 1.82) is 0 Å². The quantitative estimate of drug-likeness (QED) is 0.687. The molecule has 7 heteroatoms. The van der Waals surface area contributed by atoms with Gasteiger partial charge in [0, 0.05) is 0 Å². The molecule has 0 aliphatic rings. The normalized spacial score (nSPS) is 11.0. The van der Waals surface area contributed by atoms with Crippen molar-refractivity contribution >= 4 is 23.3 Å². The van der Waals surface area contributed by atoms with E-state index >= 15 is 0 Å². The summed E-state index contributed by atoms with van der Waals surface area (Å²) in [4.78, 5) is 6.66. The smallest absolute Gasteiger partial charge is 0.151 e. The van der Waals surface area contributed by atoms with E-state index in [1.165, 1.54) is 30.7 Å². The third-order valence-corrected chi connectivity index (χ3v) is 2.86. The number of aromatic nitrogens is 4. The zero-order valence-corrected chi connectivity index (χ0v) is 9.71. The fourth-order valence-electron chi connectivity index (χ4n) is 1.73. The molecule has 0 saturated carbocycles. The van der Waals surface area contributed by atoms with E-state index in [1.807, 2.05) is 0 Å². The summed E-state index contributed by atoms with van der Waals surface area (Å²) in [7, 11) is 0. The van der Waals surface area contributed by atoms with Crippen LogP contribution in [-0.4, -0.2) is 19.7 Å². The van der Waals surface area contributed by atoms with Crippen molar-refractivity contribution in [3.8, 4) is 5.69 Å². The lowest BCUT2D eigenvalue weighted by molar-refractivity contribution is 0.562. The van der Waals surface area contributed by atoms with E-state index in [2.05, 4.69) is 15.1 Å². The van der Waals surface area contributed by atoms with Crippen LogP contribution in [0.1, 0.15) is 0 Å². The number of hydrogen-bond donors (Lipinski definition) is 1. The first kappa shape index (κ1) is 11.0. The van der Waals surface area contributed by atoms with Gasteiger partial charge in [-0.1, -0.05) is 18.3 Å². The average Bonchev–Trinajstić information content (AvgIpc) is 2.75. The van der Waals surface area contributed by atoms with Crippen LogP contribution in [0.25, 0.3) is 16.7 Å². The van der Waals surface area contributed by atoms with Crippen molar-refractivity contribution in [1.82, 2.24) is 19.7 Å². The molecule has 4 nitrogen and oxygen atoms in total. The Morgan fingerprint density at radius 1 is 1.22 bits per heavy atom. The van der Waals surface area contributed by atoms with Crippen molar-refractivity contribution in [2.24, 2.45) is 0 Å². The number of aromatic amines is 1. The van der Waals surface area contributed by atoms with Crippen LogP contribution in [0, 0.1) is 16.3 Å². The van der Waals surface area contributed by atoms with E-state index in [-0.39, 0.29) is 5.69 Å². The zero-order valence-electron chi connectivity index (χ0n) is 8.89. The van der Waals surface area contributed by atoms with Gasteiger partial charge in [-0.2, -0.15) is 5.10 Å². The summed E-state index contributed by atoms with van der Waals surface area (Å²) < 4.78 is 28.8. The van der Waals surface area contributed by atoms with E-state index in [4.69, 9.17) is 12.2 Å². The van der Waals surface area contributed by atoms with Gasteiger partial charge in [0.25, 0.3) is 0 Å². The number of H-pyrrole nitrogens is 1. The maximum absolute atomic E-state index is 13.7. The third kappa shape index (κ3) is 1.52. The first-order chi connectivity index (χ1) is 8.68. The van der Waals surface area contributed by atoms with Gasteiger partial charge in [-0.15, -0.1) is 0 Å². The van der Waals surface area contributed by atoms with Gasteiger partial charge in [0.2, 0.25) is 0 Å². The van der Waals surface area contributed by atoms with Gasteiger partial charge in [-0.05, 0) is 12.1 Å². The van der Waals surface area contributed by atoms with Crippen LogP contribution in [0.5, 0.6) is 0 Å². The molecule has 0 aliphatic heterocycles. The molecular weight excluding hydrogens is 258 g/mol. The summed E-state index contributed by atoms with van der Waals surface area (Å²) in [6, 6.07) is 3.63. The third-order valence-electron chi connectivity index (χ3n) is 2.53. The highest BCUT2D eigenvalue weighted by Crippen LogP contribution is 2.21. The van der Waals surface area contributed by atoms with E-state index in [0.717, 1.165) is 4.68 Å². The first-order valence-corrected chi connectivity index (χ1v) is 5.45. The Balaban J connectivity index is 2.40. The van der Waals surface area contributed by atoms with Crippen molar-refractivity contribution in [3.05, 3.63) is 47.0 Å². The van der Waals surface area contributed by atoms with Gasteiger partial charge >= 0.3 is 0 Å². The Kier molecular flexibility index (Phi) is 2.41. The molecule has 2 aromatic heterocycles. The number of fused-ring (bicyclic) bond motifs is 1. The van der Waals surface area contributed by atoms with Crippen LogP contribution >= 0.6 is 12.2 Å². The van der Waals surface area contributed by atoms with E-state index in [1.54, 1.807) is 0 Å². The predicted octanol–water partition coefficient (Wildman–Crippen LogP) is 2.76. The second-order valence-corrected chi connectivity index (χ2v) is 3.98. The molecule has 1 aromatic carbocycles. The standard InChI is InChI=1S/C11H6F2N4S/c12-7-2-1-3-8(13)9(7)17-10-6(4-16-17)11(18)15-5-14-10/h1-5H,(H,14,15,18). The Labute approximate surface area is 105 Å². The largest absolute Gasteiger partial charge is 0.330 e. The van der Waals surface area contributed by atoms with Gasteiger partial charge in [0.05, 0.1) is 17.9 Å². The van der Waals surface area contributed by atoms with Crippen molar-refractivity contribution in [2.75, 3.05) is 0 Å². The summed E-state index contributed by atoms with van der Waals surface area (Å²) in [5.74, 6) is -1.40. The molecule has 0 atom stereocenters. The minimum absolute atomic E-state index is 0.246. The van der Waals surface area contributed by atoms with Crippen LogP contribution in [0.2, 0.25) is 0 Å². The fourth-order valence-corrected chi connectivity index (χ4v) is 1.93. The molecule has 0 saturated heterocycles. The molecule has 2 heterocycles. The van der Waals surface area contributed by atoms with Crippen LogP contribution in [0.3, 0.4) is 0 Å². The number of rotatable bonds is 1. The zero-order chi connectivity index (χ0) is 12.7. The lowest BCUT2D eigenvalue weighted by Crippen LogP contribution is -2.03. The fraction of sp³-hybridized carbons (Fsp3) is 0. The minimum Gasteiger partial charge on any atom is -0.330 e. The number of nitrogens with one attached hydrogen (secondary N) is 1. The highest BCUT2D eigenvalue weighted by atomic mass is 32.1. The number of halogens is 2. The Bertz CT molecular complexity index is 773. The summed E-state index contributed by atoms with van der Waals surface area (Å²) in [6.45, 7) is 0. The van der Waals surface area contributed by atoms with Crippen molar-refractivity contribution in [2.45, 2.75) is 0 Å². The second-order valence-electron chi connectivity index (χ2n) is 3.60. The van der Waals surface area contributed by atoms with E-state index in [0.29, 0.717) is 15.7 Å². The number of para-hydroxylation sites is 1. The molecule has 3 aromatic rings. The summed E-state index contributed by atoms with van der Waals surface area (Å²) in [5.41, 5.74) is 0.156. The van der Waals surface area contributed by atoms with E-state index < -0.39 is 11.6 Å². The maximum Gasteiger partial charge on any atom is 0.151 e. The Morgan fingerprint density at radius 3 is 2.67 bits per heavy atom. The SMILES string of the molecule is Fc1cccc(F)c1-n1ncc2c(=S)nc[nH]c21. The maximum atomic E-state index is 13.7. The molecular formula is C11H6F2N4S. The van der Waals surface area contributed by atoms with Crippen molar-refractivity contribution in [3.63, 3.8) is 0 Å². The number of nitrogens with zero attached hydrogens (tertiary/aromatic N) is 3. The topological polar surface area (TPSA) is 46.5 Å².